The summed E-state index contributed by atoms with van der Waals surface area (Å²) in [5, 5.41) is 18.0. The molecule has 0 bridgehead atoms. The molecule has 2 aromatic carbocycles. The third-order valence-electron chi connectivity index (χ3n) is 6.44. The lowest BCUT2D eigenvalue weighted by molar-refractivity contribution is -0.138. The molecule has 14 heteroatoms. The van der Waals surface area contributed by atoms with Crippen LogP contribution in [0.4, 0.5) is 14.5 Å². The Morgan fingerprint density at radius 1 is 1.10 bits per heavy atom. The number of guanidine groups is 1. The van der Waals surface area contributed by atoms with Gasteiger partial charge in [0, 0.05) is 26.2 Å². The van der Waals surface area contributed by atoms with E-state index >= 15 is 8.78 Å². The predicted molar refractivity (Wildman–Crippen MR) is 140 cm³/mol. The van der Waals surface area contributed by atoms with Crippen LogP contribution in [0.15, 0.2) is 52.4 Å². The van der Waals surface area contributed by atoms with Crippen molar-refractivity contribution >= 4 is 33.5 Å². The SMILES string of the molecule is O=C(NC[C@H](NS(=O)(=O)c1ccccc1)C(=O)O)c1ccc(N2CCCCC2NC2=NCCCN2)c(F)c1F. The average molecular weight is 565 g/mol. The average Bonchev–Trinajstić information content (AvgIpc) is 2.93. The minimum Gasteiger partial charge on any atom is -0.480 e. The molecule has 2 aliphatic rings. The van der Waals surface area contributed by atoms with Gasteiger partial charge in [-0.25, -0.2) is 17.2 Å². The fourth-order valence-electron chi connectivity index (χ4n) is 4.42. The highest BCUT2D eigenvalue weighted by Gasteiger charge is 2.30. The third kappa shape index (κ3) is 6.81. The van der Waals surface area contributed by atoms with Crippen LogP contribution in [-0.2, 0) is 14.8 Å². The van der Waals surface area contributed by atoms with Gasteiger partial charge in [0.1, 0.15) is 12.2 Å². The number of aliphatic carboxylic acids is 1. The van der Waals surface area contributed by atoms with Crippen LogP contribution in [0.25, 0.3) is 0 Å². The fourth-order valence-corrected chi connectivity index (χ4v) is 5.63. The number of carbonyl (C=O) groups is 2. The number of halogens is 2. The van der Waals surface area contributed by atoms with E-state index in [9.17, 15) is 23.1 Å². The minimum atomic E-state index is -4.21. The number of carboxylic acids is 1. The number of rotatable bonds is 9. The first-order valence-electron chi connectivity index (χ1n) is 12.6. The number of nitrogens with zero attached hydrogens (tertiary/aromatic N) is 2. The summed E-state index contributed by atoms with van der Waals surface area (Å²) in [6.07, 6.45) is 2.93. The molecule has 0 aromatic heterocycles. The van der Waals surface area contributed by atoms with Crippen molar-refractivity contribution in [1.82, 2.24) is 20.7 Å². The van der Waals surface area contributed by atoms with Gasteiger partial charge in [-0.1, -0.05) is 18.2 Å². The Kier molecular flexibility index (Phi) is 8.97. The summed E-state index contributed by atoms with van der Waals surface area (Å²) < 4.78 is 57.3. The zero-order valence-electron chi connectivity index (χ0n) is 21.0. The summed E-state index contributed by atoms with van der Waals surface area (Å²) in [4.78, 5) is 30.2. The molecule has 2 aliphatic heterocycles. The number of piperidine rings is 1. The Balaban J connectivity index is 1.46. The van der Waals surface area contributed by atoms with Gasteiger partial charge in [-0.05, 0) is 49.9 Å². The van der Waals surface area contributed by atoms with Crippen molar-refractivity contribution in [1.29, 1.82) is 0 Å². The van der Waals surface area contributed by atoms with E-state index in [4.69, 9.17) is 0 Å². The smallest absolute Gasteiger partial charge is 0.323 e. The first-order chi connectivity index (χ1) is 18.7. The van der Waals surface area contributed by atoms with Crippen LogP contribution in [0.5, 0.6) is 0 Å². The van der Waals surface area contributed by atoms with E-state index in [0.29, 0.717) is 25.5 Å². The Labute approximate surface area is 224 Å². The van der Waals surface area contributed by atoms with Gasteiger partial charge in [-0.2, -0.15) is 4.72 Å². The molecule has 210 valence electrons. The van der Waals surface area contributed by atoms with Crippen LogP contribution in [0.2, 0.25) is 0 Å². The van der Waals surface area contributed by atoms with Crippen LogP contribution in [0.1, 0.15) is 36.0 Å². The summed E-state index contributed by atoms with van der Waals surface area (Å²) in [6, 6.07) is 7.76. The maximum Gasteiger partial charge on any atom is 0.323 e. The van der Waals surface area contributed by atoms with Gasteiger partial charge >= 0.3 is 5.97 Å². The number of sulfonamides is 1. The van der Waals surface area contributed by atoms with E-state index in [1.54, 1.807) is 11.0 Å². The Morgan fingerprint density at radius 3 is 2.56 bits per heavy atom. The highest BCUT2D eigenvalue weighted by atomic mass is 32.2. The van der Waals surface area contributed by atoms with Gasteiger partial charge in [-0.15, -0.1) is 0 Å². The second-order valence-electron chi connectivity index (χ2n) is 9.16. The standard InChI is InChI=1S/C25H30F2N6O5S/c26-21-17(23(34)30-15-18(24(35)36)32-39(37,38)16-7-2-1-3-8-16)10-11-19(22(21)27)33-14-5-4-9-20(33)31-25-28-12-6-13-29-25/h1-3,7-8,10-11,18,20,32H,4-6,9,12-15H2,(H,30,34)(H,35,36)(H2,28,29,31)/t18-,20?/m0/s1. The fraction of sp³-hybridized carbons (Fsp3) is 0.400. The number of aliphatic imine (C=N–C) groups is 1. The number of carboxylic acid groups (broad SMARTS) is 1. The molecule has 1 fully saturated rings. The molecule has 1 saturated heterocycles. The van der Waals surface area contributed by atoms with Crippen molar-refractivity contribution in [2.45, 2.75) is 42.8 Å². The largest absolute Gasteiger partial charge is 0.480 e. The first kappa shape index (κ1) is 28.2. The molecule has 2 heterocycles. The second-order valence-corrected chi connectivity index (χ2v) is 10.9. The summed E-state index contributed by atoms with van der Waals surface area (Å²) in [6.45, 7) is 1.21. The molecular formula is C25H30F2N6O5S. The maximum atomic E-state index is 15.2. The Bertz CT molecular complexity index is 1340. The van der Waals surface area contributed by atoms with Gasteiger partial charge < -0.3 is 26.0 Å². The quantitative estimate of drug-likeness (QED) is 0.306. The maximum absolute atomic E-state index is 15.2. The van der Waals surface area contributed by atoms with Gasteiger partial charge in [0.05, 0.1) is 16.1 Å². The molecule has 0 spiro atoms. The molecule has 0 radical (unpaired) electrons. The molecule has 0 aliphatic carbocycles. The third-order valence-corrected chi connectivity index (χ3v) is 7.92. The number of hydrogen-bond acceptors (Lipinski definition) is 8. The van der Waals surface area contributed by atoms with Crippen molar-refractivity contribution in [3.05, 3.63) is 59.7 Å². The Morgan fingerprint density at radius 2 is 1.87 bits per heavy atom. The van der Waals surface area contributed by atoms with E-state index in [1.807, 2.05) is 4.72 Å². The number of benzene rings is 2. The van der Waals surface area contributed by atoms with Crippen molar-refractivity contribution in [2.75, 3.05) is 31.1 Å². The van der Waals surface area contributed by atoms with Crippen LogP contribution < -0.4 is 25.6 Å². The van der Waals surface area contributed by atoms with E-state index in [0.717, 1.165) is 31.9 Å². The molecule has 0 saturated carbocycles. The number of hydrogen-bond donors (Lipinski definition) is 5. The number of carbonyl (C=O) groups excluding carboxylic acids is 1. The Hall–Kier alpha value is -3.78. The molecule has 5 N–H and O–H groups in total. The molecule has 2 aromatic rings. The normalized spacial score (nSPS) is 18.5. The lowest BCUT2D eigenvalue weighted by atomic mass is 10.0. The highest BCUT2D eigenvalue weighted by Crippen LogP contribution is 2.29. The van der Waals surface area contributed by atoms with Gasteiger partial charge in [0.2, 0.25) is 10.0 Å². The van der Waals surface area contributed by atoms with Crippen molar-refractivity contribution in [3.63, 3.8) is 0 Å². The molecular weight excluding hydrogens is 534 g/mol. The number of amides is 1. The van der Waals surface area contributed by atoms with Crippen molar-refractivity contribution < 1.29 is 31.9 Å². The van der Waals surface area contributed by atoms with E-state index in [2.05, 4.69) is 20.9 Å². The predicted octanol–water partition coefficient (Wildman–Crippen LogP) is 1.38. The van der Waals surface area contributed by atoms with Crippen molar-refractivity contribution in [3.8, 4) is 0 Å². The lowest BCUT2D eigenvalue weighted by Crippen LogP contribution is -2.55. The monoisotopic (exact) mass is 564 g/mol. The van der Waals surface area contributed by atoms with Gasteiger partial charge in [0.25, 0.3) is 5.91 Å². The molecule has 2 atom stereocenters. The lowest BCUT2D eigenvalue weighted by Gasteiger charge is -2.39. The summed E-state index contributed by atoms with van der Waals surface area (Å²) >= 11 is 0. The second kappa shape index (κ2) is 12.4. The van der Waals surface area contributed by atoms with Crippen LogP contribution in [0, 0.1) is 11.6 Å². The summed E-state index contributed by atoms with van der Waals surface area (Å²) in [5.74, 6) is -4.64. The zero-order valence-corrected chi connectivity index (χ0v) is 21.8. The van der Waals surface area contributed by atoms with Gasteiger partial charge in [-0.3, -0.25) is 14.6 Å². The van der Waals surface area contributed by atoms with Crippen molar-refractivity contribution in [2.24, 2.45) is 4.99 Å². The molecule has 4 rings (SSSR count). The molecule has 1 amide bonds. The molecule has 1 unspecified atom stereocenters. The van der Waals surface area contributed by atoms with E-state index in [-0.39, 0.29) is 16.7 Å². The summed E-state index contributed by atoms with van der Waals surface area (Å²) in [7, 11) is -4.21. The van der Waals surface area contributed by atoms with Gasteiger partial charge in [0.15, 0.2) is 17.6 Å². The van der Waals surface area contributed by atoms with E-state index in [1.165, 1.54) is 30.3 Å². The van der Waals surface area contributed by atoms with E-state index < -0.39 is 51.7 Å². The number of anilines is 1. The molecule has 11 nitrogen and oxygen atoms in total. The number of nitrogens with one attached hydrogen (secondary N) is 4. The van der Waals surface area contributed by atoms with Crippen LogP contribution in [-0.4, -0.2) is 69.7 Å². The first-order valence-corrected chi connectivity index (χ1v) is 14.0. The zero-order chi connectivity index (χ0) is 28.0. The molecule has 39 heavy (non-hydrogen) atoms. The topological polar surface area (TPSA) is 152 Å². The van der Waals surface area contributed by atoms with Crippen LogP contribution >= 0.6 is 0 Å². The summed E-state index contributed by atoms with van der Waals surface area (Å²) in [5.41, 5.74) is -0.650. The van der Waals surface area contributed by atoms with Crippen LogP contribution in [0.3, 0.4) is 0 Å². The minimum absolute atomic E-state index is 0.0170. The highest BCUT2D eigenvalue weighted by molar-refractivity contribution is 7.89.